The molecule has 2 heteroatoms. The molecule has 2 atom stereocenters. The van der Waals surface area contributed by atoms with Gasteiger partial charge in [0.15, 0.2) is 0 Å². The maximum absolute atomic E-state index is 12.6. The van der Waals surface area contributed by atoms with Crippen LogP contribution in [0.25, 0.3) is 0 Å². The zero-order chi connectivity index (χ0) is 15.9. The molecule has 0 bridgehead atoms. The van der Waals surface area contributed by atoms with Crippen molar-refractivity contribution in [3.8, 4) is 0 Å². The minimum atomic E-state index is -0.584. The Morgan fingerprint density at radius 3 is 2.43 bits per heavy atom. The van der Waals surface area contributed by atoms with Gasteiger partial charge in [-0.3, -0.25) is 4.79 Å². The molecule has 0 spiro atoms. The van der Waals surface area contributed by atoms with Crippen LogP contribution in [0, 0.1) is 11.3 Å². The van der Waals surface area contributed by atoms with Crippen molar-refractivity contribution in [2.24, 2.45) is 11.3 Å². The van der Waals surface area contributed by atoms with Crippen molar-refractivity contribution in [3.63, 3.8) is 0 Å². The third-order valence-corrected chi connectivity index (χ3v) is 4.32. The lowest BCUT2D eigenvalue weighted by molar-refractivity contribution is -0.155. The average Bonchev–Trinajstić information content (AvgIpc) is 2.52. The molecule has 1 rings (SSSR count). The third-order valence-electron chi connectivity index (χ3n) is 4.32. The number of carbonyl (C=O) groups is 1. The lowest BCUT2D eigenvalue weighted by atomic mass is 9.74. The molecule has 0 aliphatic heterocycles. The van der Waals surface area contributed by atoms with Gasteiger partial charge in [-0.1, -0.05) is 69.7 Å². The van der Waals surface area contributed by atoms with Gasteiger partial charge < -0.3 is 4.74 Å². The summed E-state index contributed by atoms with van der Waals surface area (Å²) in [5.74, 6) is 0.320. The fourth-order valence-corrected chi connectivity index (χ4v) is 2.49. The highest BCUT2D eigenvalue weighted by Crippen LogP contribution is 2.37. The van der Waals surface area contributed by atoms with Crippen molar-refractivity contribution in [2.75, 3.05) is 0 Å². The summed E-state index contributed by atoms with van der Waals surface area (Å²) in [4.78, 5) is 12.6. The van der Waals surface area contributed by atoms with Gasteiger partial charge in [0.25, 0.3) is 0 Å². The van der Waals surface area contributed by atoms with Crippen molar-refractivity contribution < 1.29 is 9.53 Å². The van der Waals surface area contributed by atoms with E-state index in [1.54, 1.807) is 0 Å². The van der Waals surface area contributed by atoms with Gasteiger partial charge >= 0.3 is 5.97 Å². The van der Waals surface area contributed by atoms with Crippen LogP contribution in [0.2, 0.25) is 0 Å². The van der Waals surface area contributed by atoms with Gasteiger partial charge in [0.2, 0.25) is 0 Å². The van der Waals surface area contributed by atoms with Crippen LogP contribution < -0.4 is 0 Å². The summed E-state index contributed by atoms with van der Waals surface area (Å²) in [5.41, 5.74) is 1.39. The smallest absolute Gasteiger partial charge is 0.316 e. The van der Waals surface area contributed by atoms with Gasteiger partial charge in [0.05, 0.1) is 5.41 Å². The molecule has 2 unspecified atom stereocenters. The Labute approximate surface area is 129 Å². The van der Waals surface area contributed by atoms with Crippen molar-refractivity contribution in [1.29, 1.82) is 0 Å². The predicted octanol–water partition coefficient (Wildman–Crippen LogP) is 5.14. The molecule has 0 aliphatic rings. The van der Waals surface area contributed by atoms with Crippen LogP contribution in [0.1, 0.15) is 52.5 Å². The maximum atomic E-state index is 12.6. The highest BCUT2D eigenvalue weighted by atomic mass is 16.5. The van der Waals surface area contributed by atoms with Crippen LogP contribution in [0.4, 0.5) is 0 Å². The van der Waals surface area contributed by atoms with Gasteiger partial charge in [0, 0.05) is 0 Å². The molecule has 0 saturated carbocycles. The van der Waals surface area contributed by atoms with Gasteiger partial charge in [-0.2, -0.15) is 0 Å². The van der Waals surface area contributed by atoms with Crippen molar-refractivity contribution >= 4 is 5.97 Å². The summed E-state index contributed by atoms with van der Waals surface area (Å²) >= 11 is 0. The predicted molar refractivity (Wildman–Crippen MR) is 87.8 cm³/mol. The van der Waals surface area contributed by atoms with Crippen molar-refractivity contribution in [2.45, 2.75) is 53.6 Å². The van der Waals surface area contributed by atoms with E-state index in [-0.39, 0.29) is 5.97 Å². The van der Waals surface area contributed by atoms with E-state index < -0.39 is 5.41 Å². The number of hydrogen-bond acceptors (Lipinski definition) is 2. The molecular formula is C19H28O2. The Hall–Kier alpha value is -1.57. The molecule has 21 heavy (non-hydrogen) atoms. The Bertz CT molecular complexity index is 464. The fourth-order valence-electron chi connectivity index (χ4n) is 2.49. The average molecular weight is 288 g/mol. The van der Waals surface area contributed by atoms with E-state index >= 15 is 0 Å². The number of benzene rings is 1. The van der Waals surface area contributed by atoms with E-state index in [4.69, 9.17) is 4.74 Å². The van der Waals surface area contributed by atoms with Crippen LogP contribution in [-0.4, -0.2) is 5.97 Å². The molecule has 0 aliphatic carbocycles. The van der Waals surface area contributed by atoms with E-state index in [1.165, 1.54) is 0 Å². The number of ether oxygens (including phenoxy) is 1. The standard InChI is InChI=1S/C19H28O2/c1-6-15(3)13-19(5,16(4)7-2)18(20)21-14-17-11-9-8-10-12-17/h8-12,15H,4,6-7,13-14H2,1-3,5H3. The molecule has 0 heterocycles. The highest BCUT2D eigenvalue weighted by Gasteiger charge is 2.37. The van der Waals surface area contributed by atoms with E-state index in [0.29, 0.717) is 12.5 Å². The normalized spacial score (nSPS) is 15.0. The second-order valence-corrected chi connectivity index (χ2v) is 6.07. The zero-order valence-electron chi connectivity index (χ0n) is 13.8. The molecule has 0 radical (unpaired) electrons. The monoisotopic (exact) mass is 288 g/mol. The van der Waals surface area contributed by atoms with Crippen LogP contribution in [-0.2, 0) is 16.1 Å². The second-order valence-electron chi connectivity index (χ2n) is 6.07. The van der Waals surface area contributed by atoms with Crippen molar-refractivity contribution in [1.82, 2.24) is 0 Å². The zero-order valence-corrected chi connectivity index (χ0v) is 13.8. The van der Waals surface area contributed by atoms with Crippen LogP contribution in [0.3, 0.4) is 0 Å². The first-order chi connectivity index (χ1) is 9.93. The quantitative estimate of drug-likeness (QED) is 0.489. The van der Waals surface area contributed by atoms with Gasteiger partial charge in [-0.05, 0) is 31.2 Å². The van der Waals surface area contributed by atoms with Crippen LogP contribution in [0.5, 0.6) is 0 Å². The number of rotatable bonds is 8. The van der Waals surface area contributed by atoms with Crippen molar-refractivity contribution in [3.05, 3.63) is 48.0 Å². The summed E-state index contributed by atoms with van der Waals surface area (Å²) in [5, 5.41) is 0. The Balaban J connectivity index is 2.78. The van der Waals surface area contributed by atoms with Gasteiger partial charge in [-0.15, -0.1) is 0 Å². The molecular weight excluding hydrogens is 260 g/mol. The molecule has 0 fully saturated rings. The van der Waals surface area contributed by atoms with Crippen LogP contribution in [0.15, 0.2) is 42.5 Å². The molecule has 116 valence electrons. The Kier molecular flexibility index (Phi) is 6.67. The molecule has 1 aromatic carbocycles. The largest absolute Gasteiger partial charge is 0.460 e. The summed E-state index contributed by atoms with van der Waals surface area (Å²) in [7, 11) is 0. The van der Waals surface area contributed by atoms with E-state index in [0.717, 1.165) is 30.4 Å². The van der Waals surface area contributed by atoms with E-state index in [1.807, 2.05) is 44.2 Å². The minimum absolute atomic E-state index is 0.154. The van der Waals surface area contributed by atoms with Crippen LogP contribution >= 0.6 is 0 Å². The molecule has 0 saturated heterocycles. The number of hydrogen-bond donors (Lipinski definition) is 0. The lowest BCUT2D eigenvalue weighted by Crippen LogP contribution is -2.33. The molecule has 0 N–H and O–H groups in total. The summed E-state index contributed by atoms with van der Waals surface area (Å²) in [6, 6.07) is 9.79. The highest BCUT2D eigenvalue weighted by molar-refractivity contribution is 5.80. The topological polar surface area (TPSA) is 26.3 Å². The number of carbonyl (C=O) groups excluding carboxylic acids is 1. The molecule has 2 nitrogen and oxygen atoms in total. The summed E-state index contributed by atoms with van der Waals surface area (Å²) in [6.07, 6.45) is 2.65. The first-order valence-corrected chi connectivity index (χ1v) is 7.83. The fraction of sp³-hybridized carbons (Fsp3) is 0.526. The Morgan fingerprint density at radius 2 is 1.90 bits per heavy atom. The first kappa shape index (κ1) is 17.5. The molecule has 0 aromatic heterocycles. The summed E-state index contributed by atoms with van der Waals surface area (Å²) < 4.78 is 5.56. The first-order valence-electron chi connectivity index (χ1n) is 7.83. The third kappa shape index (κ3) is 4.73. The SMILES string of the molecule is C=C(CC)C(C)(CC(C)CC)C(=O)OCc1ccccc1. The summed E-state index contributed by atoms with van der Waals surface area (Å²) in [6.45, 7) is 12.8. The lowest BCUT2D eigenvalue weighted by Gasteiger charge is -2.31. The molecule has 0 amide bonds. The second kappa shape index (κ2) is 8.02. The Morgan fingerprint density at radius 1 is 1.29 bits per heavy atom. The molecule has 1 aromatic rings. The van der Waals surface area contributed by atoms with E-state index in [9.17, 15) is 4.79 Å². The van der Waals surface area contributed by atoms with Gasteiger partial charge in [0.1, 0.15) is 6.61 Å². The maximum Gasteiger partial charge on any atom is 0.316 e. The minimum Gasteiger partial charge on any atom is -0.460 e. The van der Waals surface area contributed by atoms with E-state index in [2.05, 4.69) is 20.4 Å². The van der Waals surface area contributed by atoms with Gasteiger partial charge in [-0.25, -0.2) is 0 Å². The number of esters is 1.